The van der Waals surface area contributed by atoms with E-state index in [1.54, 1.807) is 26.0 Å². The molecule has 1 atom stereocenters. The van der Waals surface area contributed by atoms with Crippen LogP contribution in [0.2, 0.25) is 0 Å². The van der Waals surface area contributed by atoms with Crippen LogP contribution >= 0.6 is 0 Å². The molecule has 0 aliphatic rings. The van der Waals surface area contributed by atoms with Gasteiger partial charge in [0.2, 0.25) is 0 Å². The van der Waals surface area contributed by atoms with Gasteiger partial charge in [0.15, 0.2) is 11.6 Å². The van der Waals surface area contributed by atoms with E-state index >= 15 is 0 Å². The third kappa shape index (κ3) is 4.32. The third-order valence-electron chi connectivity index (χ3n) is 2.56. The summed E-state index contributed by atoms with van der Waals surface area (Å²) in [5.74, 6) is 0.801. The minimum atomic E-state index is -1.15. The Labute approximate surface area is 118 Å². The number of carbonyl (C=O) groups is 1. The van der Waals surface area contributed by atoms with Gasteiger partial charge in [0.1, 0.15) is 0 Å². The molecule has 1 unspecified atom stereocenters. The van der Waals surface area contributed by atoms with Gasteiger partial charge in [-0.25, -0.2) is 10.2 Å². The van der Waals surface area contributed by atoms with E-state index in [9.17, 15) is 9.90 Å². The van der Waals surface area contributed by atoms with E-state index in [1.165, 1.54) is 0 Å². The first-order chi connectivity index (χ1) is 9.49. The Morgan fingerprint density at radius 1 is 1.35 bits per heavy atom. The zero-order valence-corrected chi connectivity index (χ0v) is 11.9. The molecular formula is C12H21N5O3. The van der Waals surface area contributed by atoms with Gasteiger partial charge >= 0.3 is 6.09 Å². The summed E-state index contributed by atoms with van der Waals surface area (Å²) in [6.07, 6.45) is -1.63. The number of carboxylic acid groups (broad SMARTS) is 1. The first kappa shape index (κ1) is 16.1. The monoisotopic (exact) mass is 283 g/mol. The number of hydrogen-bond acceptors (Lipinski definition) is 6. The molecule has 0 fully saturated rings. The van der Waals surface area contributed by atoms with Crippen LogP contribution in [0.25, 0.3) is 0 Å². The molecule has 0 radical (unpaired) electrons. The summed E-state index contributed by atoms with van der Waals surface area (Å²) in [5.41, 5.74) is 2.67. The van der Waals surface area contributed by atoms with Crippen LogP contribution in [0.15, 0.2) is 12.1 Å². The molecule has 1 amide bonds. The van der Waals surface area contributed by atoms with E-state index in [0.29, 0.717) is 25.5 Å². The van der Waals surface area contributed by atoms with Crippen molar-refractivity contribution in [1.29, 1.82) is 0 Å². The number of anilines is 2. The fraction of sp³-hybridized carbons (Fsp3) is 0.583. The number of aromatic nitrogens is 2. The average molecular weight is 283 g/mol. The van der Waals surface area contributed by atoms with Crippen molar-refractivity contribution < 1.29 is 15.0 Å². The summed E-state index contributed by atoms with van der Waals surface area (Å²) in [6, 6.07) is 3.26. The molecule has 0 bridgehead atoms. The van der Waals surface area contributed by atoms with Gasteiger partial charge in [-0.1, -0.05) is 6.92 Å². The Balaban J connectivity index is 2.88. The predicted octanol–water partition coefficient (Wildman–Crippen LogP) is 0.693. The van der Waals surface area contributed by atoms with E-state index in [0.717, 1.165) is 5.01 Å². The molecule has 3 N–H and O–H groups in total. The standard InChI is InChI=1S/C12H21N5O3/c1-4-13-17(12(19)20)11-7-6-10(14-15-11)16(5-2)8-9(3)18/h6-7,9,13,18H,4-5,8H2,1-3H3,(H,19,20). The van der Waals surface area contributed by atoms with E-state index in [1.807, 2.05) is 11.8 Å². The minimum Gasteiger partial charge on any atom is -0.464 e. The van der Waals surface area contributed by atoms with Gasteiger partial charge in [0.05, 0.1) is 6.10 Å². The van der Waals surface area contributed by atoms with Crippen LogP contribution < -0.4 is 15.3 Å². The lowest BCUT2D eigenvalue weighted by molar-refractivity contribution is 0.198. The Morgan fingerprint density at radius 2 is 1.95 bits per heavy atom. The molecule has 112 valence electrons. The smallest absolute Gasteiger partial charge is 0.428 e. The van der Waals surface area contributed by atoms with E-state index < -0.39 is 12.2 Å². The number of rotatable bonds is 7. The molecule has 0 aliphatic carbocycles. The maximum Gasteiger partial charge on any atom is 0.428 e. The summed E-state index contributed by atoms with van der Waals surface area (Å²) in [7, 11) is 0. The van der Waals surface area contributed by atoms with Crippen LogP contribution in [-0.2, 0) is 0 Å². The summed E-state index contributed by atoms with van der Waals surface area (Å²) < 4.78 is 0. The van der Waals surface area contributed by atoms with Crippen molar-refractivity contribution in [3.05, 3.63) is 12.1 Å². The molecule has 1 aromatic heterocycles. The molecule has 20 heavy (non-hydrogen) atoms. The normalized spacial score (nSPS) is 12.0. The second kappa shape index (κ2) is 7.61. The molecule has 1 heterocycles. The lowest BCUT2D eigenvalue weighted by atomic mass is 10.3. The van der Waals surface area contributed by atoms with Crippen molar-refractivity contribution in [2.75, 3.05) is 29.5 Å². The number of nitrogens with one attached hydrogen (secondary N) is 1. The topological polar surface area (TPSA) is 102 Å². The zero-order valence-electron chi connectivity index (χ0n) is 11.9. The highest BCUT2D eigenvalue weighted by molar-refractivity contribution is 5.83. The largest absolute Gasteiger partial charge is 0.464 e. The first-order valence-electron chi connectivity index (χ1n) is 6.52. The number of nitrogens with zero attached hydrogens (tertiary/aromatic N) is 4. The quantitative estimate of drug-likeness (QED) is 0.633. The molecule has 1 rings (SSSR count). The molecule has 0 saturated heterocycles. The van der Waals surface area contributed by atoms with Crippen LogP contribution in [-0.4, -0.2) is 52.2 Å². The number of hydrogen-bond donors (Lipinski definition) is 3. The van der Waals surface area contributed by atoms with Gasteiger partial charge in [-0.2, -0.15) is 5.01 Å². The minimum absolute atomic E-state index is 0.205. The van der Waals surface area contributed by atoms with Crippen LogP contribution in [0, 0.1) is 0 Å². The van der Waals surface area contributed by atoms with Gasteiger partial charge in [-0.05, 0) is 26.0 Å². The van der Waals surface area contributed by atoms with Gasteiger partial charge in [0.25, 0.3) is 0 Å². The maximum atomic E-state index is 11.1. The molecule has 8 nitrogen and oxygen atoms in total. The zero-order chi connectivity index (χ0) is 15.1. The molecule has 0 aliphatic heterocycles. The molecular weight excluding hydrogens is 262 g/mol. The number of aliphatic hydroxyl groups is 1. The van der Waals surface area contributed by atoms with Crippen molar-refractivity contribution in [3.8, 4) is 0 Å². The molecule has 1 aromatic rings. The average Bonchev–Trinajstić information content (AvgIpc) is 2.42. The summed E-state index contributed by atoms with van der Waals surface area (Å²) >= 11 is 0. The molecule has 8 heteroatoms. The molecule has 0 saturated carbocycles. The van der Waals surface area contributed by atoms with Crippen molar-refractivity contribution in [2.24, 2.45) is 0 Å². The number of aliphatic hydroxyl groups excluding tert-OH is 1. The third-order valence-corrected chi connectivity index (χ3v) is 2.56. The Bertz CT molecular complexity index is 424. The highest BCUT2D eigenvalue weighted by Gasteiger charge is 2.16. The SMILES string of the molecule is CCNN(C(=O)O)c1ccc(N(CC)CC(C)O)nn1. The fourth-order valence-corrected chi connectivity index (χ4v) is 1.71. The van der Waals surface area contributed by atoms with Crippen molar-refractivity contribution in [2.45, 2.75) is 26.9 Å². The van der Waals surface area contributed by atoms with Gasteiger partial charge in [-0.3, -0.25) is 0 Å². The van der Waals surface area contributed by atoms with Gasteiger partial charge in [-0.15, -0.1) is 10.2 Å². The summed E-state index contributed by atoms with van der Waals surface area (Å²) in [5, 5.41) is 27.3. The number of likely N-dealkylation sites (N-methyl/N-ethyl adjacent to an activating group) is 1. The van der Waals surface area contributed by atoms with E-state index in [2.05, 4.69) is 15.6 Å². The van der Waals surface area contributed by atoms with Crippen LogP contribution in [0.1, 0.15) is 20.8 Å². The fourth-order valence-electron chi connectivity index (χ4n) is 1.71. The highest BCUT2D eigenvalue weighted by Crippen LogP contribution is 2.14. The van der Waals surface area contributed by atoms with Crippen molar-refractivity contribution in [1.82, 2.24) is 15.6 Å². The second-order valence-electron chi connectivity index (χ2n) is 4.27. The Morgan fingerprint density at radius 3 is 2.35 bits per heavy atom. The number of amides is 1. The number of hydrazine groups is 1. The Kier molecular flexibility index (Phi) is 6.13. The summed E-state index contributed by atoms with van der Waals surface area (Å²) in [6.45, 7) is 7.01. The molecule has 0 spiro atoms. The lowest BCUT2D eigenvalue weighted by Crippen LogP contribution is -2.42. The first-order valence-corrected chi connectivity index (χ1v) is 6.52. The van der Waals surface area contributed by atoms with Gasteiger partial charge in [0, 0.05) is 19.6 Å². The van der Waals surface area contributed by atoms with E-state index in [4.69, 9.17) is 5.11 Å². The summed E-state index contributed by atoms with van der Waals surface area (Å²) in [4.78, 5) is 12.9. The predicted molar refractivity (Wildman–Crippen MR) is 75.8 cm³/mol. The second-order valence-corrected chi connectivity index (χ2v) is 4.27. The lowest BCUT2D eigenvalue weighted by Gasteiger charge is -2.23. The van der Waals surface area contributed by atoms with Crippen molar-refractivity contribution >= 4 is 17.7 Å². The van der Waals surface area contributed by atoms with Crippen LogP contribution in [0.3, 0.4) is 0 Å². The van der Waals surface area contributed by atoms with Gasteiger partial charge < -0.3 is 15.1 Å². The van der Waals surface area contributed by atoms with Crippen LogP contribution in [0.5, 0.6) is 0 Å². The molecule has 0 aromatic carbocycles. The van der Waals surface area contributed by atoms with Crippen LogP contribution in [0.4, 0.5) is 16.4 Å². The van der Waals surface area contributed by atoms with E-state index in [-0.39, 0.29) is 5.82 Å². The van der Waals surface area contributed by atoms with Crippen molar-refractivity contribution in [3.63, 3.8) is 0 Å². The Hall–Kier alpha value is -1.93. The maximum absolute atomic E-state index is 11.1. The highest BCUT2D eigenvalue weighted by atomic mass is 16.4.